The number of pyridine rings is 1. The average Bonchev–Trinajstić information content (AvgIpc) is 2.93. The lowest BCUT2D eigenvalue weighted by Gasteiger charge is -2.12. The highest BCUT2D eigenvalue weighted by molar-refractivity contribution is 6.30. The van der Waals surface area contributed by atoms with E-state index in [1.165, 1.54) is 16.5 Å². The summed E-state index contributed by atoms with van der Waals surface area (Å²) in [6, 6.07) is 12.2. The van der Waals surface area contributed by atoms with Crippen LogP contribution in [-0.4, -0.2) is 15.2 Å². The van der Waals surface area contributed by atoms with Crippen molar-refractivity contribution in [2.45, 2.75) is 13.8 Å². The molecule has 4 heteroatoms. The summed E-state index contributed by atoms with van der Waals surface area (Å²) in [6.45, 7) is 4.22. The predicted octanol–water partition coefficient (Wildman–Crippen LogP) is 5.05. The van der Waals surface area contributed by atoms with E-state index >= 15 is 0 Å². The van der Waals surface area contributed by atoms with Gasteiger partial charge in [0.05, 0.1) is 11.7 Å². The van der Waals surface area contributed by atoms with Gasteiger partial charge >= 0.3 is 0 Å². The maximum absolute atomic E-state index is 6.04. The van der Waals surface area contributed by atoms with Gasteiger partial charge in [0.1, 0.15) is 0 Å². The first-order chi connectivity index (χ1) is 10.6. The fourth-order valence-corrected chi connectivity index (χ4v) is 3.20. The van der Waals surface area contributed by atoms with Gasteiger partial charge in [0, 0.05) is 21.4 Å². The van der Waals surface area contributed by atoms with Crippen molar-refractivity contribution in [3.05, 3.63) is 58.7 Å². The summed E-state index contributed by atoms with van der Waals surface area (Å²) in [5, 5.41) is 10.1. The molecule has 0 saturated carbocycles. The Morgan fingerprint density at radius 2 is 1.82 bits per heavy atom. The highest BCUT2D eigenvalue weighted by atomic mass is 35.5. The lowest BCUT2D eigenvalue weighted by molar-refractivity contribution is 1.10. The van der Waals surface area contributed by atoms with Gasteiger partial charge in [-0.3, -0.25) is 5.10 Å². The molecule has 0 spiro atoms. The average molecular weight is 308 g/mol. The van der Waals surface area contributed by atoms with Crippen molar-refractivity contribution in [3.63, 3.8) is 0 Å². The molecule has 2 heterocycles. The van der Waals surface area contributed by atoms with Gasteiger partial charge in [-0.1, -0.05) is 29.8 Å². The first-order valence-corrected chi connectivity index (χ1v) is 7.51. The van der Waals surface area contributed by atoms with Gasteiger partial charge in [0.25, 0.3) is 0 Å². The van der Waals surface area contributed by atoms with Crippen LogP contribution in [0.4, 0.5) is 0 Å². The summed E-state index contributed by atoms with van der Waals surface area (Å²) in [7, 11) is 0. The normalized spacial score (nSPS) is 11.4. The van der Waals surface area contributed by atoms with E-state index in [9.17, 15) is 0 Å². The summed E-state index contributed by atoms with van der Waals surface area (Å²) < 4.78 is 0. The van der Waals surface area contributed by atoms with Crippen LogP contribution in [0, 0.1) is 13.8 Å². The highest BCUT2D eigenvalue weighted by Gasteiger charge is 2.14. The molecule has 3 nitrogen and oxygen atoms in total. The minimum absolute atomic E-state index is 0.734. The van der Waals surface area contributed by atoms with E-state index < -0.39 is 0 Å². The molecular weight excluding hydrogens is 294 g/mol. The van der Waals surface area contributed by atoms with Gasteiger partial charge in [-0.25, -0.2) is 4.98 Å². The summed E-state index contributed by atoms with van der Waals surface area (Å²) in [5.41, 5.74) is 6.49. The van der Waals surface area contributed by atoms with E-state index in [2.05, 4.69) is 36.2 Å². The monoisotopic (exact) mass is 307 g/mol. The van der Waals surface area contributed by atoms with Gasteiger partial charge in [-0.15, -0.1) is 0 Å². The maximum Gasteiger partial charge on any atom is 0.156 e. The van der Waals surface area contributed by atoms with Crippen molar-refractivity contribution >= 4 is 33.5 Å². The number of hydrogen-bond donors (Lipinski definition) is 1. The van der Waals surface area contributed by atoms with E-state index in [4.69, 9.17) is 16.6 Å². The molecule has 22 heavy (non-hydrogen) atoms. The molecule has 2 aromatic heterocycles. The smallest absolute Gasteiger partial charge is 0.156 e. The second-order valence-electron chi connectivity index (χ2n) is 5.60. The fraction of sp³-hybridized carbons (Fsp3) is 0.111. The number of aromatic amines is 1. The molecule has 0 saturated heterocycles. The summed E-state index contributed by atoms with van der Waals surface area (Å²) in [4.78, 5) is 4.72. The number of H-pyrrole nitrogens is 1. The third-order valence-electron chi connectivity index (χ3n) is 3.96. The van der Waals surface area contributed by atoms with Gasteiger partial charge in [-0.2, -0.15) is 5.10 Å². The zero-order chi connectivity index (χ0) is 15.3. The van der Waals surface area contributed by atoms with Crippen molar-refractivity contribution in [2.24, 2.45) is 0 Å². The number of hydrogen-bond acceptors (Lipinski definition) is 2. The standard InChI is InChI=1S/C18H14ClN3/c1-10-7-11(2)16-15(8-10)21-18-14(9-20-22-18)17(16)12-3-5-13(19)6-4-12/h3-9H,1-2H3,(H,20,21,22). The molecule has 0 fully saturated rings. The van der Waals surface area contributed by atoms with Crippen LogP contribution in [0.1, 0.15) is 11.1 Å². The topological polar surface area (TPSA) is 41.6 Å². The van der Waals surface area contributed by atoms with Crippen LogP contribution in [0.3, 0.4) is 0 Å². The minimum atomic E-state index is 0.734. The number of nitrogens with one attached hydrogen (secondary N) is 1. The van der Waals surface area contributed by atoms with Gasteiger partial charge in [0.2, 0.25) is 0 Å². The van der Waals surface area contributed by atoms with E-state index in [0.717, 1.165) is 32.7 Å². The van der Waals surface area contributed by atoms with Crippen molar-refractivity contribution in [1.29, 1.82) is 0 Å². The summed E-state index contributed by atoms with van der Waals surface area (Å²) >= 11 is 6.04. The molecule has 0 unspecified atom stereocenters. The van der Waals surface area contributed by atoms with Crippen LogP contribution < -0.4 is 0 Å². The maximum atomic E-state index is 6.04. The molecule has 1 N–H and O–H groups in total. The highest BCUT2D eigenvalue weighted by Crippen LogP contribution is 2.36. The number of benzene rings is 2. The first kappa shape index (κ1) is 13.3. The largest absolute Gasteiger partial charge is 0.261 e. The Labute approximate surface area is 133 Å². The molecule has 0 atom stereocenters. The number of halogens is 1. The minimum Gasteiger partial charge on any atom is -0.261 e. The summed E-state index contributed by atoms with van der Waals surface area (Å²) in [6.07, 6.45) is 1.84. The van der Waals surface area contributed by atoms with Gasteiger partial charge in [-0.05, 0) is 48.7 Å². The second kappa shape index (κ2) is 4.82. The molecule has 4 aromatic rings. The van der Waals surface area contributed by atoms with Crippen LogP contribution in [0.15, 0.2) is 42.6 Å². The van der Waals surface area contributed by atoms with Gasteiger partial charge in [0.15, 0.2) is 5.65 Å². The molecule has 0 amide bonds. The molecule has 0 aliphatic rings. The molecule has 0 aliphatic heterocycles. The Bertz CT molecular complexity index is 1000. The van der Waals surface area contributed by atoms with Crippen LogP contribution in [0.25, 0.3) is 33.1 Å². The van der Waals surface area contributed by atoms with Crippen LogP contribution >= 0.6 is 11.6 Å². The van der Waals surface area contributed by atoms with E-state index in [1.807, 2.05) is 30.5 Å². The quantitative estimate of drug-likeness (QED) is 0.534. The second-order valence-corrected chi connectivity index (χ2v) is 6.04. The Kier molecular flexibility index (Phi) is 2.91. The predicted molar refractivity (Wildman–Crippen MR) is 91.3 cm³/mol. The molecule has 2 aromatic carbocycles. The number of aromatic nitrogens is 3. The molecule has 0 aliphatic carbocycles. The lowest BCUT2D eigenvalue weighted by Crippen LogP contribution is -1.91. The summed E-state index contributed by atoms with van der Waals surface area (Å²) in [5.74, 6) is 0. The van der Waals surface area contributed by atoms with Crippen molar-refractivity contribution in [3.8, 4) is 11.1 Å². The van der Waals surface area contributed by atoms with E-state index in [0.29, 0.717) is 0 Å². The number of rotatable bonds is 1. The lowest BCUT2D eigenvalue weighted by atomic mass is 9.94. The molecule has 108 valence electrons. The Balaban J connectivity index is 2.21. The van der Waals surface area contributed by atoms with Gasteiger partial charge < -0.3 is 0 Å². The SMILES string of the molecule is Cc1cc(C)c2c(-c3ccc(Cl)cc3)c3cn[nH]c3nc2c1. The molecule has 4 rings (SSSR count). The Morgan fingerprint density at radius 3 is 2.59 bits per heavy atom. The zero-order valence-electron chi connectivity index (χ0n) is 12.3. The molecular formula is C18H14ClN3. The molecule has 0 bridgehead atoms. The fourth-order valence-electron chi connectivity index (χ4n) is 3.08. The zero-order valence-corrected chi connectivity index (χ0v) is 13.1. The number of aryl methyl sites for hydroxylation is 2. The van der Waals surface area contributed by atoms with Crippen molar-refractivity contribution < 1.29 is 0 Å². The van der Waals surface area contributed by atoms with Crippen LogP contribution in [0.2, 0.25) is 5.02 Å². The first-order valence-electron chi connectivity index (χ1n) is 7.13. The Morgan fingerprint density at radius 1 is 1.05 bits per heavy atom. The van der Waals surface area contributed by atoms with Crippen LogP contribution in [0.5, 0.6) is 0 Å². The van der Waals surface area contributed by atoms with Crippen molar-refractivity contribution in [1.82, 2.24) is 15.2 Å². The Hall–Kier alpha value is -2.39. The van der Waals surface area contributed by atoms with Crippen LogP contribution in [-0.2, 0) is 0 Å². The third kappa shape index (κ3) is 1.97. The van der Waals surface area contributed by atoms with E-state index in [1.54, 1.807) is 0 Å². The third-order valence-corrected chi connectivity index (χ3v) is 4.21. The number of nitrogens with zero attached hydrogens (tertiary/aromatic N) is 2. The molecule has 0 radical (unpaired) electrons. The van der Waals surface area contributed by atoms with Crippen molar-refractivity contribution in [2.75, 3.05) is 0 Å². The number of fused-ring (bicyclic) bond motifs is 2. The van der Waals surface area contributed by atoms with E-state index in [-0.39, 0.29) is 0 Å².